The molecule has 1 atom stereocenters. The van der Waals surface area contributed by atoms with E-state index >= 15 is 0 Å². The van der Waals surface area contributed by atoms with E-state index < -0.39 is 0 Å². The Hall–Kier alpha value is -3.05. The number of pyridine rings is 1. The molecule has 0 saturated heterocycles. The molecule has 0 aliphatic carbocycles. The number of rotatable bonds is 7. The van der Waals surface area contributed by atoms with Gasteiger partial charge in [0.25, 0.3) is 5.69 Å². The standard InChI is InChI=1S/C20H19N3O2/c24-23(25)19-8-4-7-18(15-19)20(17-10-12-21-13-11-17)22-14-9-16-5-2-1-3-6-16/h1-8,10-13,15,20,22H,9,14H2. The van der Waals surface area contributed by atoms with Crippen molar-refractivity contribution in [1.82, 2.24) is 10.3 Å². The highest BCUT2D eigenvalue weighted by Crippen LogP contribution is 2.25. The number of benzene rings is 2. The molecule has 0 fully saturated rings. The summed E-state index contributed by atoms with van der Waals surface area (Å²) in [4.78, 5) is 14.8. The van der Waals surface area contributed by atoms with Crippen LogP contribution in [0.5, 0.6) is 0 Å². The van der Waals surface area contributed by atoms with Crippen LogP contribution in [0.25, 0.3) is 0 Å². The second-order valence-corrected chi connectivity index (χ2v) is 5.76. The van der Waals surface area contributed by atoms with Crippen LogP contribution in [0.4, 0.5) is 5.69 Å². The lowest BCUT2D eigenvalue weighted by Crippen LogP contribution is -2.24. The molecule has 25 heavy (non-hydrogen) atoms. The maximum absolute atomic E-state index is 11.1. The SMILES string of the molecule is O=[N+]([O-])c1cccc(C(NCCc2ccccc2)c2ccncc2)c1. The molecule has 0 aliphatic rings. The number of nitro groups is 1. The third kappa shape index (κ3) is 4.49. The number of nitro benzene ring substituents is 1. The van der Waals surface area contributed by atoms with Crippen molar-refractivity contribution < 1.29 is 4.92 Å². The van der Waals surface area contributed by atoms with Crippen molar-refractivity contribution in [1.29, 1.82) is 0 Å². The molecule has 1 N–H and O–H groups in total. The number of hydrogen-bond donors (Lipinski definition) is 1. The van der Waals surface area contributed by atoms with Crippen LogP contribution < -0.4 is 5.32 Å². The van der Waals surface area contributed by atoms with Gasteiger partial charge in [-0.25, -0.2) is 0 Å². The zero-order chi connectivity index (χ0) is 17.5. The van der Waals surface area contributed by atoms with Crippen molar-refractivity contribution in [3.05, 3.63) is 106 Å². The molecular weight excluding hydrogens is 314 g/mol. The summed E-state index contributed by atoms with van der Waals surface area (Å²) in [7, 11) is 0. The van der Waals surface area contributed by atoms with Gasteiger partial charge in [0.15, 0.2) is 0 Å². The monoisotopic (exact) mass is 333 g/mol. The van der Waals surface area contributed by atoms with Crippen LogP contribution in [0.2, 0.25) is 0 Å². The maximum atomic E-state index is 11.1. The summed E-state index contributed by atoms with van der Waals surface area (Å²) in [5, 5.41) is 14.6. The predicted molar refractivity (Wildman–Crippen MR) is 97.3 cm³/mol. The highest BCUT2D eigenvalue weighted by atomic mass is 16.6. The summed E-state index contributed by atoms with van der Waals surface area (Å²) in [5.74, 6) is 0. The van der Waals surface area contributed by atoms with E-state index in [1.54, 1.807) is 24.5 Å². The number of non-ortho nitro benzene ring substituents is 1. The number of nitrogens with zero attached hydrogens (tertiary/aromatic N) is 2. The van der Waals surface area contributed by atoms with Gasteiger partial charge in [0, 0.05) is 31.1 Å². The first-order chi connectivity index (χ1) is 12.2. The molecular formula is C20H19N3O2. The van der Waals surface area contributed by atoms with Crippen molar-refractivity contribution in [3.8, 4) is 0 Å². The Morgan fingerprint density at radius 2 is 1.72 bits per heavy atom. The molecule has 2 aromatic carbocycles. The highest BCUT2D eigenvalue weighted by Gasteiger charge is 2.16. The summed E-state index contributed by atoms with van der Waals surface area (Å²) >= 11 is 0. The minimum Gasteiger partial charge on any atom is -0.306 e. The van der Waals surface area contributed by atoms with Gasteiger partial charge in [0.05, 0.1) is 11.0 Å². The predicted octanol–water partition coefficient (Wildman–Crippen LogP) is 3.91. The van der Waals surface area contributed by atoms with Crippen LogP contribution in [-0.2, 0) is 6.42 Å². The molecule has 3 rings (SSSR count). The minimum atomic E-state index is -0.364. The molecule has 0 bridgehead atoms. The Morgan fingerprint density at radius 3 is 2.44 bits per heavy atom. The Labute approximate surface area is 146 Å². The van der Waals surface area contributed by atoms with Gasteiger partial charge < -0.3 is 5.32 Å². The van der Waals surface area contributed by atoms with Crippen LogP contribution in [0.3, 0.4) is 0 Å². The van der Waals surface area contributed by atoms with Crippen LogP contribution in [0, 0.1) is 10.1 Å². The van der Waals surface area contributed by atoms with Crippen molar-refractivity contribution in [3.63, 3.8) is 0 Å². The van der Waals surface area contributed by atoms with E-state index in [1.165, 1.54) is 11.6 Å². The first kappa shape index (κ1) is 16.8. The Bertz CT molecular complexity index is 823. The first-order valence-electron chi connectivity index (χ1n) is 8.15. The maximum Gasteiger partial charge on any atom is 0.269 e. The van der Waals surface area contributed by atoms with Crippen molar-refractivity contribution in [2.45, 2.75) is 12.5 Å². The van der Waals surface area contributed by atoms with Gasteiger partial charge in [-0.2, -0.15) is 0 Å². The molecule has 5 nitrogen and oxygen atoms in total. The second-order valence-electron chi connectivity index (χ2n) is 5.76. The second kappa shape index (κ2) is 8.17. The Balaban J connectivity index is 1.81. The smallest absolute Gasteiger partial charge is 0.269 e. The summed E-state index contributed by atoms with van der Waals surface area (Å²) in [5.41, 5.74) is 3.25. The molecule has 1 unspecified atom stereocenters. The van der Waals surface area contributed by atoms with E-state index in [-0.39, 0.29) is 16.7 Å². The van der Waals surface area contributed by atoms with Crippen molar-refractivity contribution in [2.24, 2.45) is 0 Å². The largest absolute Gasteiger partial charge is 0.306 e. The van der Waals surface area contributed by atoms with Gasteiger partial charge >= 0.3 is 0 Å². The van der Waals surface area contributed by atoms with E-state index in [9.17, 15) is 10.1 Å². The summed E-state index contributed by atoms with van der Waals surface area (Å²) in [6.07, 6.45) is 4.36. The fraction of sp³-hybridized carbons (Fsp3) is 0.150. The Kier molecular flexibility index (Phi) is 5.49. The van der Waals surface area contributed by atoms with Crippen LogP contribution in [0.1, 0.15) is 22.7 Å². The molecule has 0 aliphatic heterocycles. The zero-order valence-electron chi connectivity index (χ0n) is 13.7. The van der Waals surface area contributed by atoms with Crippen molar-refractivity contribution >= 4 is 5.69 Å². The molecule has 1 heterocycles. The van der Waals surface area contributed by atoms with E-state index in [0.29, 0.717) is 0 Å². The first-order valence-corrected chi connectivity index (χ1v) is 8.15. The van der Waals surface area contributed by atoms with Gasteiger partial charge in [-0.3, -0.25) is 15.1 Å². The van der Waals surface area contributed by atoms with Gasteiger partial charge in [-0.15, -0.1) is 0 Å². The zero-order valence-corrected chi connectivity index (χ0v) is 13.7. The number of nitrogens with one attached hydrogen (secondary N) is 1. The Morgan fingerprint density at radius 1 is 0.960 bits per heavy atom. The normalized spacial score (nSPS) is 11.8. The molecule has 0 saturated carbocycles. The average molecular weight is 333 g/mol. The highest BCUT2D eigenvalue weighted by molar-refractivity contribution is 5.39. The lowest BCUT2D eigenvalue weighted by Gasteiger charge is -2.19. The van der Waals surface area contributed by atoms with Gasteiger partial charge in [-0.05, 0) is 35.2 Å². The molecule has 126 valence electrons. The third-order valence-corrected chi connectivity index (χ3v) is 4.06. The van der Waals surface area contributed by atoms with Crippen molar-refractivity contribution in [2.75, 3.05) is 6.54 Å². The third-order valence-electron chi connectivity index (χ3n) is 4.06. The minimum absolute atomic E-state index is 0.0985. The molecule has 5 heteroatoms. The molecule has 0 spiro atoms. The summed E-state index contributed by atoms with van der Waals surface area (Å²) < 4.78 is 0. The molecule has 0 amide bonds. The molecule has 1 aromatic heterocycles. The van der Waals surface area contributed by atoms with Gasteiger partial charge in [0.2, 0.25) is 0 Å². The summed E-state index contributed by atoms with van der Waals surface area (Å²) in [6, 6.07) is 20.7. The topological polar surface area (TPSA) is 68.1 Å². The lowest BCUT2D eigenvalue weighted by atomic mass is 9.99. The van der Waals surface area contributed by atoms with E-state index in [4.69, 9.17) is 0 Å². The average Bonchev–Trinajstić information content (AvgIpc) is 2.67. The van der Waals surface area contributed by atoms with Gasteiger partial charge in [-0.1, -0.05) is 42.5 Å². The number of aromatic nitrogens is 1. The van der Waals surface area contributed by atoms with E-state index in [0.717, 1.165) is 24.1 Å². The van der Waals surface area contributed by atoms with Gasteiger partial charge in [0.1, 0.15) is 0 Å². The molecule has 0 radical (unpaired) electrons. The van der Waals surface area contributed by atoms with Crippen LogP contribution in [-0.4, -0.2) is 16.5 Å². The fourth-order valence-electron chi connectivity index (χ4n) is 2.81. The molecule has 3 aromatic rings. The van der Waals surface area contributed by atoms with E-state index in [2.05, 4.69) is 22.4 Å². The quantitative estimate of drug-likeness (QED) is 0.526. The fourth-order valence-corrected chi connectivity index (χ4v) is 2.81. The lowest BCUT2D eigenvalue weighted by molar-refractivity contribution is -0.384. The number of hydrogen-bond acceptors (Lipinski definition) is 4. The van der Waals surface area contributed by atoms with E-state index in [1.807, 2.05) is 36.4 Å². The van der Waals surface area contributed by atoms with Crippen LogP contribution >= 0.6 is 0 Å². The summed E-state index contributed by atoms with van der Waals surface area (Å²) in [6.45, 7) is 0.764. The van der Waals surface area contributed by atoms with Crippen LogP contribution in [0.15, 0.2) is 79.1 Å².